The number of benzene rings is 1. The van der Waals surface area contributed by atoms with Gasteiger partial charge in [0.15, 0.2) is 5.78 Å². The molecule has 0 heterocycles. The van der Waals surface area contributed by atoms with Gasteiger partial charge in [0.2, 0.25) is 0 Å². The molecule has 1 saturated carbocycles. The molecule has 2 atom stereocenters. The van der Waals surface area contributed by atoms with E-state index in [9.17, 15) is 14.7 Å². The lowest BCUT2D eigenvalue weighted by Crippen LogP contribution is -2.42. The van der Waals surface area contributed by atoms with Crippen molar-refractivity contribution in [1.82, 2.24) is 5.43 Å². The number of ketones is 1. The van der Waals surface area contributed by atoms with Gasteiger partial charge in [0, 0.05) is 24.6 Å². The van der Waals surface area contributed by atoms with Gasteiger partial charge < -0.3 is 21.4 Å². The van der Waals surface area contributed by atoms with Crippen LogP contribution in [-0.2, 0) is 4.79 Å². The number of nitrogens with two attached hydrogens (primary N) is 1. The molecule has 0 radical (unpaired) electrons. The van der Waals surface area contributed by atoms with Crippen LogP contribution < -0.4 is 16.6 Å². The van der Waals surface area contributed by atoms with Gasteiger partial charge in [-0.2, -0.15) is 0 Å². The summed E-state index contributed by atoms with van der Waals surface area (Å²) in [6, 6.07) is 6.34. The number of aliphatic hydroxyl groups is 1. The smallest absolute Gasteiger partial charge is 0.303 e. The fourth-order valence-electron chi connectivity index (χ4n) is 3.58. The Labute approximate surface area is 160 Å². The van der Waals surface area contributed by atoms with E-state index in [-0.39, 0.29) is 6.42 Å². The van der Waals surface area contributed by atoms with Crippen LogP contribution in [0.1, 0.15) is 61.7 Å². The Morgan fingerprint density at radius 1 is 1.19 bits per heavy atom. The number of aliphatic hydroxyl groups excluding tert-OH is 1. The monoisotopic (exact) mass is 377 g/mol. The van der Waals surface area contributed by atoms with Gasteiger partial charge in [-0.3, -0.25) is 9.59 Å². The van der Waals surface area contributed by atoms with Crippen molar-refractivity contribution in [2.45, 2.75) is 63.5 Å². The number of aliphatic carboxylic acids is 1. The molecule has 1 fully saturated rings. The van der Waals surface area contributed by atoms with Gasteiger partial charge in [0.05, 0.1) is 5.69 Å². The number of hydrazine groups is 1. The molecule has 27 heavy (non-hydrogen) atoms. The van der Waals surface area contributed by atoms with Crippen molar-refractivity contribution in [1.29, 1.82) is 0 Å². The normalized spacial score (nSPS) is 17.3. The molecule has 7 nitrogen and oxygen atoms in total. The molecule has 0 amide bonds. The molecule has 0 saturated heterocycles. The molecule has 0 spiro atoms. The van der Waals surface area contributed by atoms with E-state index in [0.717, 1.165) is 12.8 Å². The van der Waals surface area contributed by atoms with Crippen LogP contribution in [0.4, 0.5) is 5.69 Å². The number of nitrogens with one attached hydrogen (secondary N) is 2. The highest BCUT2D eigenvalue weighted by Gasteiger charge is 2.28. The highest BCUT2D eigenvalue weighted by atomic mass is 16.4. The minimum atomic E-state index is -1.23. The van der Waals surface area contributed by atoms with Crippen molar-refractivity contribution >= 4 is 17.4 Å². The van der Waals surface area contributed by atoms with E-state index in [1.54, 1.807) is 24.3 Å². The summed E-state index contributed by atoms with van der Waals surface area (Å²) >= 11 is 0. The Morgan fingerprint density at radius 3 is 2.59 bits per heavy atom. The molecule has 1 aromatic carbocycles. The lowest BCUT2D eigenvalue weighted by molar-refractivity contribution is -0.137. The van der Waals surface area contributed by atoms with Crippen molar-refractivity contribution in [2.24, 2.45) is 11.7 Å². The summed E-state index contributed by atoms with van der Waals surface area (Å²) in [5.74, 6) is -0.753. The zero-order valence-corrected chi connectivity index (χ0v) is 15.7. The topological polar surface area (TPSA) is 125 Å². The van der Waals surface area contributed by atoms with Crippen LogP contribution in [-0.4, -0.2) is 40.7 Å². The lowest BCUT2D eigenvalue weighted by atomic mass is 9.83. The van der Waals surface area contributed by atoms with E-state index < -0.39 is 23.9 Å². The second-order valence-corrected chi connectivity index (χ2v) is 7.31. The number of carboxylic acids is 1. The third kappa shape index (κ3) is 6.93. The number of para-hydroxylation sites is 1. The van der Waals surface area contributed by atoms with Gasteiger partial charge in [0.25, 0.3) is 0 Å². The first-order valence-electron chi connectivity index (χ1n) is 9.76. The molecule has 6 N–H and O–H groups in total. The van der Waals surface area contributed by atoms with Crippen molar-refractivity contribution in [3.05, 3.63) is 29.8 Å². The molecule has 2 rings (SSSR count). The first-order valence-corrected chi connectivity index (χ1v) is 9.76. The predicted molar refractivity (Wildman–Crippen MR) is 104 cm³/mol. The first kappa shape index (κ1) is 21.3. The van der Waals surface area contributed by atoms with Crippen LogP contribution in [0.3, 0.4) is 0 Å². The zero-order valence-electron chi connectivity index (χ0n) is 15.7. The zero-order chi connectivity index (χ0) is 19.6. The van der Waals surface area contributed by atoms with Gasteiger partial charge in [-0.15, -0.1) is 0 Å². The largest absolute Gasteiger partial charge is 0.481 e. The van der Waals surface area contributed by atoms with Crippen LogP contribution in [0.5, 0.6) is 0 Å². The van der Waals surface area contributed by atoms with Crippen molar-refractivity contribution < 1.29 is 19.8 Å². The van der Waals surface area contributed by atoms with Crippen LogP contribution >= 0.6 is 0 Å². The predicted octanol–water partition coefficient (Wildman–Crippen LogP) is 2.31. The van der Waals surface area contributed by atoms with Gasteiger partial charge in [-0.1, -0.05) is 44.2 Å². The summed E-state index contributed by atoms with van der Waals surface area (Å²) < 4.78 is 0. The number of carbonyl (C=O) groups is 2. The molecule has 1 aromatic rings. The van der Waals surface area contributed by atoms with Gasteiger partial charge in [0.1, 0.15) is 6.10 Å². The Hall–Kier alpha value is -1.96. The molecule has 0 bridgehead atoms. The maximum atomic E-state index is 12.8. The number of hydrogen-bond donors (Lipinski definition) is 5. The summed E-state index contributed by atoms with van der Waals surface area (Å²) in [7, 11) is 0. The second-order valence-electron chi connectivity index (χ2n) is 7.31. The molecule has 1 unspecified atom stereocenters. The maximum absolute atomic E-state index is 12.8. The van der Waals surface area contributed by atoms with E-state index in [1.807, 2.05) is 0 Å². The van der Waals surface area contributed by atoms with Gasteiger partial charge in [-0.25, -0.2) is 5.43 Å². The number of hydrogen-bond acceptors (Lipinski definition) is 6. The number of carboxylic acid groups (broad SMARTS) is 1. The number of Topliss-reactive ketones (excluding diaryl/α,β-unsaturated/α-hetero) is 1. The first-order chi connectivity index (χ1) is 13.0. The van der Waals surface area contributed by atoms with Crippen molar-refractivity contribution in [3.8, 4) is 0 Å². The number of rotatable bonds is 11. The minimum Gasteiger partial charge on any atom is -0.481 e. The maximum Gasteiger partial charge on any atom is 0.303 e. The number of anilines is 1. The van der Waals surface area contributed by atoms with E-state index in [0.29, 0.717) is 36.6 Å². The second kappa shape index (κ2) is 11.0. The lowest BCUT2D eigenvalue weighted by Gasteiger charge is -2.27. The molecule has 0 aromatic heterocycles. The summed E-state index contributed by atoms with van der Waals surface area (Å²) in [6.07, 6.45) is 5.85. The molecular formula is C20H31N3O4. The van der Waals surface area contributed by atoms with Crippen molar-refractivity contribution in [3.63, 3.8) is 0 Å². The number of carbonyl (C=O) groups excluding carboxylic acids is 1. The minimum absolute atomic E-state index is 0.0734. The van der Waals surface area contributed by atoms with E-state index in [1.165, 1.54) is 19.3 Å². The Bertz CT molecular complexity index is 617. The summed E-state index contributed by atoms with van der Waals surface area (Å²) in [5, 5.41) is 19.1. The Kier molecular flexibility index (Phi) is 8.71. The summed E-state index contributed by atoms with van der Waals surface area (Å²) in [4.78, 5) is 23.3. The van der Waals surface area contributed by atoms with E-state index >= 15 is 0 Å². The van der Waals surface area contributed by atoms with Crippen LogP contribution in [0.25, 0.3) is 0 Å². The summed E-state index contributed by atoms with van der Waals surface area (Å²) in [5.41, 5.74) is 12.9. The standard InChI is InChI=1S/C20H31N3O4/c21-16(13-14-7-2-1-3-8-14)20(27)19(26)15-9-4-5-10-17(15)23-22-12-6-11-18(24)25/h4-5,9-10,14,16,20,22-23,27H,1-3,6-8,11-13,21H2,(H,24,25)/t16-,20?/m1/s1. The Balaban J connectivity index is 1.91. The van der Waals surface area contributed by atoms with Crippen LogP contribution in [0, 0.1) is 5.92 Å². The molecule has 7 heteroatoms. The van der Waals surface area contributed by atoms with E-state index in [2.05, 4.69) is 10.9 Å². The third-order valence-electron chi connectivity index (χ3n) is 5.11. The van der Waals surface area contributed by atoms with Crippen LogP contribution in [0.15, 0.2) is 24.3 Å². The van der Waals surface area contributed by atoms with Gasteiger partial charge in [-0.05, 0) is 30.9 Å². The summed E-state index contributed by atoms with van der Waals surface area (Å²) in [6.45, 7) is 0.443. The molecule has 1 aliphatic carbocycles. The Morgan fingerprint density at radius 2 is 1.89 bits per heavy atom. The highest BCUT2D eigenvalue weighted by molar-refractivity contribution is 6.04. The average Bonchev–Trinajstić information content (AvgIpc) is 2.67. The quantitative estimate of drug-likeness (QED) is 0.228. The van der Waals surface area contributed by atoms with Crippen LogP contribution in [0.2, 0.25) is 0 Å². The molecule has 0 aliphatic heterocycles. The fraction of sp³-hybridized carbons (Fsp3) is 0.600. The van der Waals surface area contributed by atoms with Gasteiger partial charge >= 0.3 is 5.97 Å². The molecule has 1 aliphatic rings. The highest BCUT2D eigenvalue weighted by Crippen LogP contribution is 2.28. The van der Waals surface area contributed by atoms with Crippen molar-refractivity contribution in [2.75, 3.05) is 12.0 Å². The molecule has 150 valence electrons. The third-order valence-corrected chi connectivity index (χ3v) is 5.11. The SMILES string of the molecule is N[C@H](CC1CCCCC1)C(O)C(=O)c1ccccc1NNCCCC(=O)O. The average molecular weight is 377 g/mol. The van der Waals surface area contributed by atoms with E-state index in [4.69, 9.17) is 10.8 Å². The molecular weight excluding hydrogens is 346 g/mol. The fourth-order valence-corrected chi connectivity index (χ4v) is 3.58.